The molecule has 24 heavy (non-hydrogen) atoms. The maximum atomic E-state index is 14.3. The second-order valence-corrected chi connectivity index (χ2v) is 6.96. The third-order valence-electron chi connectivity index (χ3n) is 5.37. The van der Waals surface area contributed by atoms with Gasteiger partial charge in [-0.15, -0.1) is 0 Å². The zero-order valence-electron chi connectivity index (χ0n) is 14.1. The molecule has 0 unspecified atom stereocenters. The molecule has 130 valence electrons. The maximum Gasteiger partial charge on any atom is 0.225 e. The van der Waals surface area contributed by atoms with Crippen LogP contribution in [0.5, 0.6) is 0 Å². The van der Waals surface area contributed by atoms with Crippen molar-refractivity contribution in [2.45, 2.75) is 57.0 Å². The summed E-state index contributed by atoms with van der Waals surface area (Å²) in [4.78, 5) is 26.5. The van der Waals surface area contributed by atoms with Gasteiger partial charge in [-0.25, -0.2) is 4.39 Å². The number of nitrogens with zero attached hydrogens (tertiary/aromatic N) is 1. The third kappa shape index (κ3) is 3.45. The Labute approximate surface area is 142 Å². The molecule has 1 saturated carbocycles. The molecular formula is C19H25FN2O2. The van der Waals surface area contributed by atoms with E-state index in [9.17, 15) is 14.0 Å². The van der Waals surface area contributed by atoms with E-state index in [-0.39, 0.29) is 23.7 Å². The number of piperidine rings is 1. The van der Waals surface area contributed by atoms with Crippen LogP contribution in [-0.4, -0.2) is 29.8 Å². The Morgan fingerprint density at radius 3 is 2.58 bits per heavy atom. The molecule has 0 radical (unpaired) electrons. The van der Waals surface area contributed by atoms with Crippen molar-refractivity contribution in [2.24, 2.45) is 5.92 Å². The lowest BCUT2D eigenvalue weighted by atomic mass is 9.83. The Morgan fingerprint density at radius 2 is 1.88 bits per heavy atom. The van der Waals surface area contributed by atoms with Gasteiger partial charge in [0.25, 0.3) is 0 Å². The van der Waals surface area contributed by atoms with Gasteiger partial charge in [-0.3, -0.25) is 9.59 Å². The van der Waals surface area contributed by atoms with Crippen LogP contribution >= 0.6 is 0 Å². The van der Waals surface area contributed by atoms with E-state index in [1.54, 1.807) is 25.2 Å². The predicted octanol–water partition coefficient (Wildman–Crippen LogP) is 3.18. The van der Waals surface area contributed by atoms with Crippen LogP contribution in [0.1, 0.15) is 56.6 Å². The van der Waals surface area contributed by atoms with Crippen molar-refractivity contribution in [1.29, 1.82) is 0 Å². The summed E-state index contributed by atoms with van der Waals surface area (Å²) in [6, 6.07) is 6.13. The molecule has 2 amide bonds. The first-order chi connectivity index (χ1) is 11.6. The van der Waals surface area contributed by atoms with Crippen LogP contribution < -0.4 is 5.32 Å². The van der Waals surface area contributed by atoms with Gasteiger partial charge < -0.3 is 10.2 Å². The van der Waals surface area contributed by atoms with Gasteiger partial charge in [-0.05, 0) is 25.3 Å². The summed E-state index contributed by atoms with van der Waals surface area (Å²) >= 11 is 0. The van der Waals surface area contributed by atoms with Crippen LogP contribution in [0.3, 0.4) is 0 Å². The SMILES string of the molecule is CN1C(=O)CC[C@@H](C(=O)NC2CCCCC2)[C@H]1c1ccccc1F. The molecule has 1 aliphatic heterocycles. The molecule has 1 aromatic rings. The molecule has 3 rings (SSSR count). The van der Waals surface area contributed by atoms with Gasteiger partial charge in [-0.1, -0.05) is 37.5 Å². The maximum absolute atomic E-state index is 14.3. The monoisotopic (exact) mass is 332 g/mol. The first kappa shape index (κ1) is 16.9. The van der Waals surface area contributed by atoms with Gasteiger partial charge in [0.1, 0.15) is 5.82 Å². The highest BCUT2D eigenvalue weighted by molar-refractivity contribution is 5.85. The second-order valence-electron chi connectivity index (χ2n) is 6.96. The van der Waals surface area contributed by atoms with E-state index in [0.717, 1.165) is 25.7 Å². The molecule has 0 aromatic heterocycles. The Bertz CT molecular complexity index is 613. The summed E-state index contributed by atoms with van der Waals surface area (Å²) in [6.45, 7) is 0. The quantitative estimate of drug-likeness (QED) is 0.924. The van der Waals surface area contributed by atoms with Crippen molar-refractivity contribution in [1.82, 2.24) is 10.2 Å². The standard InChI is InChI=1S/C19H25FN2O2/c1-22-17(23)12-11-15(18(22)14-9-5-6-10-16(14)20)19(24)21-13-7-3-2-4-8-13/h5-6,9-10,13,15,18H,2-4,7-8,11-12H2,1H3,(H,21,24)/t15-,18-/m1/s1. The van der Waals surface area contributed by atoms with Crippen LogP contribution in [0.25, 0.3) is 0 Å². The van der Waals surface area contributed by atoms with Crippen molar-refractivity contribution < 1.29 is 14.0 Å². The topological polar surface area (TPSA) is 49.4 Å². The molecule has 1 aromatic carbocycles. The van der Waals surface area contributed by atoms with E-state index in [0.29, 0.717) is 18.4 Å². The Hall–Kier alpha value is -1.91. The highest BCUT2D eigenvalue weighted by Gasteiger charge is 2.40. The molecule has 2 aliphatic rings. The molecule has 0 bridgehead atoms. The molecule has 2 fully saturated rings. The molecular weight excluding hydrogens is 307 g/mol. The number of hydrogen-bond acceptors (Lipinski definition) is 2. The van der Waals surface area contributed by atoms with E-state index in [1.165, 1.54) is 17.4 Å². The first-order valence-corrected chi connectivity index (χ1v) is 8.88. The zero-order valence-corrected chi connectivity index (χ0v) is 14.1. The van der Waals surface area contributed by atoms with Crippen LogP contribution in [0.2, 0.25) is 0 Å². The van der Waals surface area contributed by atoms with Crippen LogP contribution in [-0.2, 0) is 9.59 Å². The third-order valence-corrected chi connectivity index (χ3v) is 5.37. The molecule has 4 nitrogen and oxygen atoms in total. The molecule has 0 spiro atoms. The van der Waals surface area contributed by atoms with Crippen LogP contribution in [0.15, 0.2) is 24.3 Å². The highest BCUT2D eigenvalue weighted by atomic mass is 19.1. The number of carbonyl (C=O) groups excluding carboxylic acids is 2. The molecule has 2 atom stereocenters. The fourth-order valence-electron chi connectivity index (χ4n) is 4.01. The van der Waals surface area contributed by atoms with Gasteiger partial charge in [0.05, 0.1) is 12.0 Å². The highest BCUT2D eigenvalue weighted by Crippen LogP contribution is 2.37. The first-order valence-electron chi connectivity index (χ1n) is 8.88. The summed E-state index contributed by atoms with van der Waals surface area (Å²) in [7, 11) is 1.67. The Morgan fingerprint density at radius 1 is 1.17 bits per heavy atom. The number of hydrogen-bond donors (Lipinski definition) is 1. The van der Waals surface area contributed by atoms with Gasteiger partial charge in [0, 0.05) is 25.1 Å². The van der Waals surface area contributed by atoms with E-state index in [2.05, 4.69) is 5.32 Å². The van der Waals surface area contributed by atoms with E-state index in [4.69, 9.17) is 0 Å². The minimum atomic E-state index is -0.531. The van der Waals surface area contributed by atoms with Crippen molar-refractivity contribution >= 4 is 11.8 Å². The normalized spacial score (nSPS) is 25.6. The number of carbonyl (C=O) groups is 2. The summed E-state index contributed by atoms with van der Waals surface area (Å²) < 4.78 is 14.3. The molecule has 1 N–H and O–H groups in total. The average molecular weight is 332 g/mol. The summed E-state index contributed by atoms with van der Waals surface area (Å²) in [5, 5.41) is 3.14. The Kier molecular flexibility index (Phi) is 5.17. The summed E-state index contributed by atoms with van der Waals surface area (Å²) in [5.74, 6) is -0.842. The number of halogens is 1. The van der Waals surface area contributed by atoms with Gasteiger partial charge in [-0.2, -0.15) is 0 Å². The number of benzene rings is 1. The van der Waals surface area contributed by atoms with Crippen LogP contribution in [0.4, 0.5) is 4.39 Å². The number of likely N-dealkylation sites (tertiary alicyclic amines) is 1. The van der Waals surface area contributed by atoms with Crippen molar-refractivity contribution in [3.63, 3.8) is 0 Å². The fraction of sp³-hybridized carbons (Fsp3) is 0.579. The molecule has 1 heterocycles. The summed E-state index contributed by atoms with van der Waals surface area (Å²) in [5.41, 5.74) is 0.428. The summed E-state index contributed by atoms with van der Waals surface area (Å²) in [6.07, 6.45) is 6.35. The zero-order chi connectivity index (χ0) is 17.1. The van der Waals surface area contributed by atoms with E-state index < -0.39 is 12.0 Å². The minimum Gasteiger partial charge on any atom is -0.353 e. The van der Waals surface area contributed by atoms with Crippen molar-refractivity contribution in [2.75, 3.05) is 7.05 Å². The fourth-order valence-corrected chi connectivity index (χ4v) is 4.01. The number of nitrogens with one attached hydrogen (secondary N) is 1. The number of amides is 2. The van der Waals surface area contributed by atoms with Gasteiger partial charge in [0.2, 0.25) is 11.8 Å². The molecule has 1 aliphatic carbocycles. The lowest BCUT2D eigenvalue weighted by Gasteiger charge is -2.39. The molecule has 1 saturated heterocycles. The smallest absolute Gasteiger partial charge is 0.225 e. The van der Waals surface area contributed by atoms with Crippen molar-refractivity contribution in [3.05, 3.63) is 35.6 Å². The Balaban J connectivity index is 1.82. The largest absolute Gasteiger partial charge is 0.353 e. The van der Waals surface area contributed by atoms with Gasteiger partial charge >= 0.3 is 0 Å². The average Bonchev–Trinajstić information content (AvgIpc) is 2.59. The van der Waals surface area contributed by atoms with E-state index >= 15 is 0 Å². The lowest BCUT2D eigenvalue weighted by molar-refractivity contribution is -0.142. The number of rotatable bonds is 3. The minimum absolute atomic E-state index is 0.0371. The molecule has 5 heteroatoms. The second kappa shape index (κ2) is 7.32. The van der Waals surface area contributed by atoms with Gasteiger partial charge in [0.15, 0.2) is 0 Å². The lowest BCUT2D eigenvalue weighted by Crippen LogP contribution is -2.49. The predicted molar refractivity (Wildman–Crippen MR) is 89.7 cm³/mol. The van der Waals surface area contributed by atoms with Crippen LogP contribution in [0, 0.1) is 11.7 Å². The van der Waals surface area contributed by atoms with Crippen molar-refractivity contribution in [3.8, 4) is 0 Å². The van der Waals surface area contributed by atoms with E-state index in [1.807, 2.05) is 0 Å².